The molecule has 150 valence electrons. The van der Waals surface area contributed by atoms with Crippen LogP contribution in [0.2, 0.25) is 0 Å². The Morgan fingerprint density at radius 1 is 1.14 bits per heavy atom. The molecule has 0 radical (unpaired) electrons. The monoisotopic (exact) mass is 392 g/mol. The Balaban J connectivity index is 1.66. The van der Waals surface area contributed by atoms with Crippen LogP contribution < -0.4 is 14.9 Å². The van der Waals surface area contributed by atoms with E-state index in [2.05, 4.69) is 27.6 Å². The summed E-state index contributed by atoms with van der Waals surface area (Å²) in [4.78, 5) is 12.3. The zero-order chi connectivity index (χ0) is 20.8. The van der Waals surface area contributed by atoms with Crippen LogP contribution in [-0.2, 0) is 0 Å². The van der Waals surface area contributed by atoms with Crippen molar-refractivity contribution in [3.63, 3.8) is 0 Å². The van der Waals surface area contributed by atoms with Gasteiger partial charge in [-0.15, -0.1) is 0 Å². The molecule has 1 heterocycles. The number of nitrogens with zero attached hydrogens (tertiary/aromatic N) is 2. The standard InChI is InChI=1S/C22H24N4O3/c1-5-29-20-9-7-16(11-21(20)28-4)13-23-26-22(27)19-12-18(24-25-19)17-8-6-14(2)15(3)10-17/h6-13H,5H2,1-4H3,(H,24,25)(H,26,27). The molecule has 0 aliphatic rings. The molecule has 29 heavy (non-hydrogen) atoms. The van der Waals surface area contributed by atoms with Crippen molar-refractivity contribution in [3.8, 4) is 22.8 Å². The van der Waals surface area contributed by atoms with Crippen molar-refractivity contribution >= 4 is 12.1 Å². The fraction of sp³-hybridized carbons (Fsp3) is 0.227. The number of ether oxygens (including phenoxy) is 2. The molecule has 0 spiro atoms. The highest BCUT2D eigenvalue weighted by molar-refractivity contribution is 5.94. The van der Waals surface area contributed by atoms with Crippen LogP contribution in [0.3, 0.4) is 0 Å². The van der Waals surface area contributed by atoms with Gasteiger partial charge in [-0.3, -0.25) is 9.89 Å². The van der Waals surface area contributed by atoms with Crippen LogP contribution in [0.15, 0.2) is 47.6 Å². The molecular formula is C22H24N4O3. The number of benzene rings is 2. The number of hydrazone groups is 1. The highest BCUT2D eigenvalue weighted by Gasteiger charge is 2.11. The number of carbonyl (C=O) groups is 1. The molecule has 0 atom stereocenters. The fourth-order valence-electron chi connectivity index (χ4n) is 2.75. The van der Waals surface area contributed by atoms with Crippen LogP contribution in [0.5, 0.6) is 11.5 Å². The van der Waals surface area contributed by atoms with Gasteiger partial charge in [0.25, 0.3) is 5.91 Å². The Morgan fingerprint density at radius 2 is 1.97 bits per heavy atom. The third kappa shape index (κ3) is 4.82. The number of rotatable bonds is 7. The van der Waals surface area contributed by atoms with E-state index in [9.17, 15) is 4.79 Å². The van der Waals surface area contributed by atoms with E-state index in [4.69, 9.17) is 9.47 Å². The van der Waals surface area contributed by atoms with Crippen molar-refractivity contribution in [2.24, 2.45) is 5.10 Å². The molecular weight excluding hydrogens is 368 g/mol. The number of amides is 1. The molecule has 0 unspecified atom stereocenters. The van der Waals surface area contributed by atoms with Crippen molar-refractivity contribution in [3.05, 3.63) is 64.8 Å². The summed E-state index contributed by atoms with van der Waals surface area (Å²) in [6.07, 6.45) is 1.54. The molecule has 1 aromatic heterocycles. The first-order valence-electron chi connectivity index (χ1n) is 9.29. The van der Waals surface area contributed by atoms with E-state index in [0.717, 1.165) is 11.1 Å². The smallest absolute Gasteiger partial charge is 0.289 e. The minimum Gasteiger partial charge on any atom is -0.493 e. The fourth-order valence-corrected chi connectivity index (χ4v) is 2.75. The summed E-state index contributed by atoms with van der Waals surface area (Å²) in [5.41, 5.74) is 7.64. The summed E-state index contributed by atoms with van der Waals surface area (Å²) >= 11 is 0. The average molecular weight is 392 g/mol. The third-order valence-corrected chi connectivity index (χ3v) is 4.49. The maximum absolute atomic E-state index is 12.3. The van der Waals surface area contributed by atoms with Gasteiger partial charge in [0.15, 0.2) is 11.5 Å². The van der Waals surface area contributed by atoms with E-state index in [-0.39, 0.29) is 5.91 Å². The van der Waals surface area contributed by atoms with Gasteiger partial charge in [-0.2, -0.15) is 10.2 Å². The van der Waals surface area contributed by atoms with Crippen LogP contribution in [0.4, 0.5) is 0 Å². The molecule has 0 aliphatic carbocycles. The quantitative estimate of drug-likeness (QED) is 0.472. The summed E-state index contributed by atoms with van der Waals surface area (Å²) in [5.74, 6) is 0.892. The molecule has 0 fully saturated rings. The Morgan fingerprint density at radius 3 is 2.69 bits per heavy atom. The Labute approximate surface area is 169 Å². The first kappa shape index (κ1) is 20.1. The van der Waals surface area contributed by atoms with Gasteiger partial charge >= 0.3 is 0 Å². The van der Waals surface area contributed by atoms with Gasteiger partial charge in [-0.05, 0) is 67.8 Å². The summed E-state index contributed by atoms with van der Waals surface area (Å²) in [7, 11) is 1.58. The maximum Gasteiger partial charge on any atom is 0.289 e. The number of aromatic amines is 1. The van der Waals surface area contributed by atoms with Gasteiger partial charge in [0, 0.05) is 5.56 Å². The molecule has 7 nitrogen and oxygen atoms in total. The minimum absolute atomic E-state index is 0.333. The lowest BCUT2D eigenvalue weighted by Crippen LogP contribution is -2.18. The molecule has 7 heteroatoms. The highest BCUT2D eigenvalue weighted by atomic mass is 16.5. The van der Waals surface area contributed by atoms with Crippen molar-refractivity contribution in [1.82, 2.24) is 15.6 Å². The minimum atomic E-state index is -0.373. The van der Waals surface area contributed by atoms with Crippen molar-refractivity contribution < 1.29 is 14.3 Å². The number of H-pyrrole nitrogens is 1. The van der Waals surface area contributed by atoms with E-state index in [0.29, 0.717) is 29.5 Å². The Kier molecular flexibility index (Phi) is 6.29. The summed E-state index contributed by atoms with van der Waals surface area (Å²) < 4.78 is 10.8. The second-order valence-corrected chi connectivity index (χ2v) is 6.51. The lowest BCUT2D eigenvalue weighted by Gasteiger charge is -2.09. The maximum atomic E-state index is 12.3. The molecule has 2 N–H and O–H groups in total. The Bertz CT molecular complexity index is 1040. The van der Waals surface area contributed by atoms with Crippen LogP contribution in [0, 0.1) is 13.8 Å². The zero-order valence-electron chi connectivity index (χ0n) is 16.9. The number of carbonyl (C=O) groups excluding carboxylic acids is 1. The van der Waals surface area contributed by atoms with Gasteiger partial charge in [0.1, 0.15) is 5.69 Å². The number of nitrogens with one attached hydrogen (secondary N) is 2. The van der Waals surface area contributed by atoms with E-state index in [1.807, 2.05) is 38.1 Å². The van der Waals surface area contributed by atoms with E-state index in [1.54, 1.807) is 25.3 Å². The predicted molar refractivity (Wildman–Crippen MR) is 113 cm³/mol. The van der Waals surface area contributed by atoms with Crippen LogP contribution >= 0.6 is 0 Å². The van der Waals surface area contributed by atoms with Gasteiger partial charge < -0.3 is 9.47 Å². The number of aryl methyl sites for hydroxylation is 2. The van der Waals surface area contributed by atoms with Gasteiger partial charge in [-0.25, -0.2) is 5.43 Å². The van der Waals surface area contributed by atoms with E-state index in [1.165, 1.54) is 17.3 Å². The molecule has 0 aliphatic heterocycles. The first-order chi connectivity index (χ1) is 14.0. The van der Waals surface area contributed by atoms with Gasteiger partial charge in [0.2, 0.25) is 0 Å². The molecule has 0 bridgehead atoms. The second-order valence-electron chi connectivity index (χ2n) is 6.51. The lowest BCUT2D eigenvalue weighted by atomic mass is 10.0. The molecule has 0 saturated heterocycles. The first-order valence-corrected chi connectivity index (χ1v) is 9.29. The summed E-state index contributed by atoms with van der Waals surface area (Å²) in [6.45, 7) is 6.56. The lowest BCUT2D eigenvalue weighted by molar-refractivity contribution is 0.0950. The second kappa shape index (κ2) is 9.05. The zero-order valence-corrected chi connectivity index (χ0v) is 16.9. The van der Waals surface area contributed by atoms with Crippen LogP contribution in [0.25, 0.3) is 11.3 Å². The van der Waals surface area contributed by atoms with Crippen LogP contribution in [-0.4, -0.2) is 36.0 Å². The van der Waals surface area contributed by atoms with Crippen molar-refractivity contribution in [1.29, 1.82) is 0 Å². The van der Waals surface area contributed by atoms with Gasteiger partial charge in [0.05, 0.1) is 25.6 Å². The Hall–Kier alpha value is -3.61. The topological polar surface area (TPSA) is 88.6 Å². The van der Waals surface area contributed by atoms with E-state index >= 15 is 0 Å². The van der Waals surface area contributed by atoms with Crippen LogP contribution in [0.1, 0.15) is 34.1 Å². The normalized spacial score (nSPS) is 10.9. The molecule has 2 aromatic carbocycles. The predicted octanol–water partition coefficient (Wildman–Crippen LogP) is 3.86. The summed E-state index contributed by atoms with van der Waals surface area (Å²) in [5, 5.41) is 11.0. The SMILES string of the molecule is CCOc1ccc(C=NNC(=O)c2cc(-c3ccc(C)c(C)c3)n[nH]2)cc1OC. The van der Waals surface area contributed by atoms with Crippen molar-refractivity contribution in [2.45, 2.75) is 20.8 Å². The summed E-state index contributed by atoms with van der Waals surface area (Å²) in [6, 6.07) is 13.2. The average Bonchev–Trinajstić information content (AvgIpc) is 3.21. The third-order valence-electron chi connectivity index (χ3n) is 4.49. The molecule has 0 saturated carbocycles. The van der Waals surface area contributed by atoms with Gasteiger partial charge in [-0.1, -0.05) is 12.1 Å². The largest absolute Gasteiger partial charge is 0.493 e. The van der Waals surface area contributed by atoms with E-state index < -0.39 is 0 Å². The molecule has 1 amide bonds. The molecule has 3 aromatic rings. The number of hydrogen-bond donors (Lipinski definition) is 2. The number of aromatic nitrogens is 2. The number of methoxy groups -OCH3 is 1. The molecule has 3 rings (SSSR count). The number of hydrogen-bond acceptors (Lipinski definition) is 5. The highest BCUT2D eigenvalue weighted by Crippen LogP contribution is 2.27. The van der Waals surface area contributed by atoms with Crippen molar-refractivity contribution in [2.75, 3.05) is 13.7 Å².